The van der Waals surface area contributed by atoms with Gasteiger partial charge in [0.15, 0.2) is 5.37 Å². The SMILES string of the molecule is CC[C@H](C)[C@H](N)C(=O)N1CCS[C@H]1C#N. The number of hydrogen-bond donors (Lipinski definition) is 1. The molecule has 0 saturated carbocycles. The number of rotatable bonds is 3. The Morgan fingerprint density at radius 3 is 3.00 bits per heavy atom. The van der Waals surface area contributed by atoms with E-state index in [0.29, 0.717) is 6.54 Å². The van der Waals surface area contributed by atoms with Crippen LogP contribution in [-0.4, -0.2) is 34.5 Å². The molecule has 1 aliphatic heterocycles. The van der Waals surface area contributed by atoms with Crippen LogP contribution in [0.25, 0.3) is 0 Å². The van der Waals surface area contributed by atoms with Gasteiger partial charge in [0.05, 0.1) is 12.1 Å². The first-order valence-corrected chi connectivity index (χ1v) is 6.24. The van der Waals surface area contributed by atoms with Crippen LogP contribution in [0.3, 0.4) is 0 Å². The van der Waals surface area contributed by atoms with E-state index in [4.69, 9.17) is 11.0 Å². The number of nitriles is 1. The molecule has 0 unspecified atom stereocenters. The Labute approximate surface area is 94.8 Å². The molecule has 1 amide bonds. The Morgan fingerprint density at radius 2 is 2.47 bits per heavy atom. The molecular weight excluding hydrogens is 210 g/mol. The number of nitrogens with zero attached hydrogens (tertiary/aromatic N) is 2. The molecule has 0 bridgehead atoms. The number of amides is 1. The smallest absolute Gasteiger partial charge is 0.241 e. The second-order valence-electron chi connectivity index (χ2n) is 3.80. The van der Waals surface area contributed by atoms with Crippen molar-refractivity contribution in [3.63, 3.8) is 0 Å². The minimum absolute atomic E-state index is 0.0825. The van der Waals surface area contributed by atoms with E-state index in [-0.39, 0.29) is 17.2 Å². The molecule has 0 radical (unpaired) electrons. The van der Waals surface area contributed by atoms with Crippen molar-refractivity contribution in [1.29, 1.82) is 5.26 Å². The lowest BCUT2D eigenvalue weighted by Gasteiger charge is -2.25. The second-order valence-corrected chi connectivity index (χ2v) is 4.98. The number of carbonyl (C=O) groups excluding carboxylic acids is 1. The lowest BCUT2D eigenvalue weighted by Crippen LogP contribution is -2.48. The van der Waals surface area contributed by atoms with Crippen LogP contribution in [0.4, 0.5) is 0 Å². The van der Waals surface area contributed by atoms with Crippen LogP contribution in [-0.2, 0) is 4.79 Å². The fourth-order valence-electron chi connectivity index (χ4n) is 1.49. The van der Waals surface area contributed by atoms with E-state index in [1.807, 2.05) is 13.8 Å². The quantitative estimate of drug-likeness (QED) is 0.773. The van der Waals surface area contributed by atoms with Crippen LogP contribution in [0.2, 0.25) is 0 Å². The third-order valence-corrected chi connectivity index (χ3v) is 3.92. The largest absolute Gasteiger partial charge is 0.320 e. The van der Waals surface area contributed by atoms with Crippen LogP contribution in [0.15, 0.2) is 0 Å². The summed E-state index contributed by atoms with van der Waals surface area (Å²) in [5.74, 6) is 0.917. The van der Waals surface area contributed by atoms with Gasteiger partial charge in [-0.2, -0.15) is 5.26 Å². The van der Waals surface area contributed by atoms with Crippen molar-refractivity contribution < 1.29 is 4.79 Å². The van der Waals surface area contributed by atoms with Gasteiger partial charge >= 0.3 is 0 Å². The van der Waals surface area contributed by atoms with Gasteiger partial charge < -0.3 is 10.6 Å². The third kappa shape index (κ3) is 2.64. The highest BCUT2D eigenvalue weighted by Crippen LogP contribution is 2.24. The molecule has 0 aromatic rings. The molecular formula is C10H17N3OS. The normalized spacial score (nSPS) is 24.7. The topological polar surface area (TPSA) is 70.1 Å². The number of thioether (sulfide) groups is 1. The molecule has 1 rings (SSSR count). The number of carbonyl (C=O) groups is 1. The standard InChI is InChI=1S/C10H17N3OS/c1-3-7(2)9(12)10(14)13-4-5-15-8(13)6-11/h7-9H,3-5,12H2,1-2H3/t7-,8-,9-/m0/s1. The second kappa shape index (κ2) is 5.38. The molecule has 3 atom stereocenters. The molecule has 1 aliphatic rings. The molecule has 2 N–H and O–H groups in total. The monoisotopic (exact) mass is 227 g/mol. The average molecular weight is 227 g/mol. The van der Waals surface area contributed by atoms with Crippen LogP contribution in [0.5, 0.6) is 0 Å². The summed E-state index contributed by atoms with van der Waals surface area (Å²) in [7, 11) is 0. The van der Waals surface area contributed by atoms with Crippen LogP contribution >= 0.6 is 11.8 Å². The third-order valence-electron chi connectivity index (χ3n) is 2.83. The van der Waals surface area contributed by atoms with Crippen LogP contribution in [0.1, 0.15) is 20.3 Å². The van der Waals surface area contributed by atoms with E-state index >= 15 is 0 Å². The molecule has 4 nitrogen and oxygen atoms in total. The molecule has 1 heterocycles. The summed E-state index contributed by atoms with van der Waals surface area (Å²) in [6, 6.07) is 1.65. The summed E-state index contributed by atoms with van der Waals surface area (Å²) in [5.41, 5.74) is 5.86. The van der Waals surface area contributed by atoms with E-state index in [1.165, 1.54) is 11.8 Å². The van der Waals surface area contributed by atoms with Crippen molar-refractivity contribution >= 4 is 17.7 Å². The van der Waals surface area contributed by atoms with E-state index in [2.05, 4.69) is 6.07 Å². The molecule has 0 aromatic heterocycles. The fourth-order valence-corrected chi connectivity index (χ4v) is 2.48. The van der Waals surface area contributed by atoms with Gasteiger partial charge in [0, 0.05) is 12.3 Å². The summed E-state index contributed by atoms with van der Waals surface area (Å²) in [4.78, 5) is 13.6. The Kier molecular flexibility index (Phi) is 4.43. The highest BCUT2D eigenvalue weighted by Gasteiger charge is 2.33. The van der Waals surface area contributed by atoms with E-state index in [1.54, 1.807) is 4.90 Å². The molecule has 5 heteroatoms. The zero-order valence-corrected chi connectivity index (χ0v) is 9.96. The summed E-state index contributed by atoms with van der Waals surface area (Å²) >= 11 is 1.50. The van der Waals surface area contributed by atoms with Gasteiger partial charge in [0.1, 0.15) is 0 Å². The summed E-state index contributed by atoms with van der Waals surface area (Å²) in [5, 5.41) is 8.52. The van der Waals surface area contributed by atoms with Crippen molar-refractivity contribution in [3.05, 3.63) is 0 Å². The molecule has 1 saturated heterocycles. The average Bonchev–Trinajstić information content (AvgIpc) is 2.73. The van der Waals surface area contributed by atoms with Crippen molar-refractivity contribution in [3.8, 4) is 6.07 Å². The predicted octanol–water partition coefficient (Wildman–Crippen LogP) is 0.785. The maximum Gasteiger partial charge on any atom is 0.241 e. The zero-order chi connectivity index (χ0) is 11.4. The zero-order valence-electron chi connectivity index (χ0n) is 9.14. The Hall–Kier alpha value is -0.730. The van der Waals surface area contributed by atoms with E-state index < -0.39 is 6.04 Å². The minimum Gasteiger partial charge on any atom is -0.320 e. The van der Waals surface area contributed by atoms with Crippen molar-refractivity contribution in [2.75, 3.05) is 12.3 Å². The molecule has 84 valence electrons. The first-order chi connectivity index (χ1) is 7.11. The summed E-state index contributed by atoms with van der Waals surface area (Å²) < 4.78 is 0. The Balaban J connectivity index is 2.64. The van der Waals surface area contributed by atoms with Crippen LogP contribution in [0, 0.1) is 17.2 Å². The fraction of sp³-hybridized carbons (Fsp3) is 0.800. The summed E-state index contributed by atoms with van der Waals surface area (Å²) in [6.07, 6.45) is 0.880. The molecule has 15 heavy (non-hydrogen) atoms. The Bertz CT molecular complexity index is 276. The van der Waals surface area contributed by atoms with E-state index in [0.717, 1.165) is 12.2 Å². The van der Waals surface area contributed by atoms with Gasteiger partial charge in [-0.05, 0) is 5.92 Å². The maximum atomic E-state index is 12.0. The van der Waals surface area contributed by atoms with Crippen molar-refractivity contribution in [2.45, 2.75) is 31.7 Å². The first-order valence-electron chi connectivity index (χ1n) is 5.19. The number of hydrogen-bond acceptors (Lipinski definition) is 4. The lowest BCUT2D eigenvalue weighted by molar-refractivity contribution is -0.133. The highest BCUT2D eigenvalue weighted by atomic mass is 32.2. The van der Waals surface area contributed by atoms with Gasteiger partial charge in [-0.25, -0.2) is 0 Å². The lowest BCUT2D eigenvalue weighted by atomic mass is 9.99. The molecule has 0 spiro atoms. The van der Waals surface area contributed by atoms with Crippen molar-refractivity contribution in [2.24, 2.45) is 11.7 Å². The molecule has 1 fully saturated rings. The highest BCUT2D eigenvalue weighted by molar-refractivity contribution is 8.00. The van der Waals surface area contributed by atoms with Gasteiger partial charge in [-0.3, -0.25) is 4.79 Å². The van der Waals surface area contributed by atoms with Gasteiger partial charge in [-0.1, -0.05) is 20.3 Å². The maximum absolute atomic E-state index is 12.0. The molecule has 0 aromatic carbocycles. The van der Waals surface area contributed by atoms with Gasteiger partial charge in [0.2, 0.25) is 5.91 Å². The molecule has 0 aliphatic carbocycles. The minimum atomic E-state index is -0.468. The van der Waals surface area contributed by atoms with E-state index in [9.17, 15) is 4.79 Å². The van der Waals surface area contributed by atoms with Gasteiger partial charge in [-0.15, -0.1) is 11.8 Å². The Morgan fingerprint density at radius 1 is 1.80 bits per heavy atom. The van der Waals surface area contributed by atoms with Crippen molar-refractivity contribution in [1.82, 2.24) is 4.90 Å². The first kappa shape index (κ1) is 12.3. The van der Waals surface area contributed by atoms with Gasteiger partial charge in [0.25, 0.3) is 0 Å². The summed E-state index contributed by atoms with van der Waals surface area (Å²) in [6.45, 7) is 4.62. The predicted molar refractivity (Wildman–Crippen MR) is 61.0 cm³/mol. The number of nitrogens with two attached hydrogens (primary N) is 1. The van der Waals surface area contributed by atoms with Crippen LogP contribution < -0.4 is 5.73 Å².